The van der Waals surface area contributed by atoms with Gasteiger partial charge >= 0.3 is 5.69 Å². The molecule has 4 rings (SSSR count). The molecule has 0 radical (unpaired) electrons. The van der Waals surface area contributed by atoms with Crippen molar-refractivity contribution in [2.24, 2.45) is 5.92 Å². The number of rotatable bonds is 2. The van der Waals surface area contributed by atoms with Gasteiger partial charge in [0.05, 0.1) is 0 Å². The Bertz CT molecular complexity index is 677. The third kappa shape index (κ3) is 2.70. The number of nitrogens with zero attached hydrogens (tertiary/aromatic N) is 4. The zero-order chi connectivity index (χ0) is 16.7. The Balaban J connectivity index is 1.53. The first-order chi connectivity index (χ1) is 11.6. The van der Waals surface area contributed by atoms with E-state index in [1.807, 2.05) is 0 Å². The molecule has 6 heteroatoms. The Kier molecular flexibility index (Phi) is 4.22. The van der Waals surface area contributed by atoms with E-state index in [9.17, 15) is 9.59 Å². The van der Waals surface area contributed by atoms with E-state index in [0.29, 0.717) is 18.0 Å². The Morgan fingerprint density at radius 1 is 1.17 bits per heavy atom. The molecule has 1 saturated heterocycles. The molecule has 3 unspecified atom stereocenters. The molecule has 1 amide bonds. The molecular formula is C18H28N4O2. The van der Waals surface area contributed by atoms with Crippen LogP contribution in [0, 0.1) is 5.92 Å². The van der Waals surface area contributed by atoms with Crippen LogP contribution >= 0.6 is 0 Å². The van der Waals surface area contributed by atoms with Gasteiger partial charge in [-0.05, 0) is 44.9 Å². The SMILES string of the molecule is CC1CC2CCCCC2N1C(=O)Cn1nc2n(c1=O)CCCCC2. The normalized spacial score (nSPS) is 29.9. The quantitative estimate of drug-likeness (QED) is 0.832. The van der Waals surface area contributed by atoms with E-state index in [1.54, 1.807) is 4.57 Å². The molecule has 6 nitrogen and oxygen atoms in total. The van der Waals surface area contributed by atoms with Gasteiger partial charge < -0.3 is 4.90 Å². The Hall–Kier alpha value is -1.59. The van der Waals surface area contributed by atoms with Crippen LogP contribution in [-0.4, -0.2) is 37.2 Å². The summed E-state index contributed by atoms with van der Waals surface area (Å²) in [7, 11) is 0. The Morgan fingerprint density at radius 2 is 2.00 bits per heavy atom. The van der Waals surface area contributed by atoms with E-state index in [2.05, 4.69) is 16.9 Å². The maximum absolute atomic E-state index is 12.9. The van der Waals surface area contributed by atoms with Gasteiger partial charge in [-0.2, -0.15) is 5.10 Å². The summed E-state index contributed by atoms with van der Waals surface area (Å²) in [5.41, 5.74) is -0.104. The number of carbonyl (C=O) groups excluding carboxylic acids is 1. The predicted octanol–water partition coefficient (Wildman–Crippen LogP) is 1.95. The third-order valence-corrected chi connectivity index (χ3v) is 6.20. The van der Waals surface area contributed by atoms with Crippen molar-refractivity contribution >= 4 is 5.91 Å². The number of hydrogen-bond acceptors (Lipinski definition) is 3. The zero-order valence-electron chi connectivity index (χ0n) is 14.6. The van der Waals surface area contributed by atoms with Gasteiger partial charge in [0.25, 0.3) is 0 Å². The zero-order valence-corrected chi connectivity index (χ0v) is 14.6. The van der Waals surface area contributed by atoms with Crippen molar-refractivity contribution < 1.29 is 4.79 Å². The molecule has 2 aliphatic heterocycles. The molecule has 0 aromatic carbocycles. The summed E-state index contributed by atoms with van der Waals surface area (Å²) in [4.78, 5) is 27.6. The van der Waals surface area contributed by atoms with Crippen LogP contribution in [0.3, 0.4) is 0 Å². The molecule has 1 aromatic rings. The molecule has 0 N–H and O–H groups in total. The molecule has 1 aliphatic carbocycles. The van der Waals surface area contributed by atoms with Crippen LogP contribution < -0.4 is 5.69 Å². The number of likely N-dealkylation sites (tertiary alicyclic amines) is 1. The van der Waals surface area contributed by atoms with Gasteiger partial charge in [0, 0.05) is 25.0 Å². The maximum atomic E-state index is 12.9. The first kappa shape index (κ1) is 15.9. The average Bonchev–Trinajstić information content (AvgIpc) is 2.93. The van der Waals surface area contributed by atoms with Crippen molar-refractivity contribution in [2.75, 3.05) is 0 Å². The average molecular weight is 332 g/mol. The van der Waals surface area contributed by atoms with Gasteiger partial charge in [-0.1, -0.05) is 19.3 Å². The summed E-state index contributed by atoms with van der Waals surface area (Å²) in [6.45, 7) is 3.00. The minimum Gasteiger partial charge on any atom is -0.335 e. The number of carbonyl (C=O) groups is 1. The fourth-order valence-corrected chi connectivity index (χ4v) is 5.08. The Morgan fingerprint density at radius 3 is 2.88 bits per heavy atom. The van der Waals surface area contributed by atoms with Gasteiger partial charge in [0.2, 0.25) is 5.91 Å². The number of amides is 1. The van der Waals surface area contributed by atoms with Crippen LogP contribution in [-0.2, 0) is 24.3 Å². The number of hydrogen-bond donors (Lipinski definition) is 0. The Labute approximate surface area is 142 Å². The monoisotopic (exact) mass is 332 g/mol. The second kappa shape index (κ2) is 6.37. The van der Waals surface area contributed by atoms with Crippen LogP contribution in [0.25, 0.3) is 0 Å². The van der Waals surface area contributed by atoms with Gasteiger partial charge in [0.1, 0.15) is 12.4 Å². The van der Waals surface area contributed by atoms with Crippen molar-refractivity contribution in [3.05, 3.63) is 16.3 Å². The lowest BCUT2D eigenvalue weighted by Crippen LogP contribution is -2.45. The van der Waals surface area contributed by atoms with Crippen LogP contribution in [0.2, 0.25) is 0 Å². The molecule has 3 atom stereocenters. The molecule has 132 valence electrons. The summed E-state index contributed by atoms with van der Waals surface area (Å²) >= 11 is 0. The smallest absolute Gasteiger partial charge is 0.335 e. The second-order valence-electron chi connectivity index (χ2n) is 7.82. The molecule has 3 heterocycles. The first-order valence-corrected chi connectivity index (χ1v) is 9.63. The second-order valence-corrected chi connectivity index (χ2v) is 7.82. The lowest BCUT2D eigenvalue weighted by Gasteiger charge is -2.33. The van der Waals surface area contributed by atoms with E-state index in [0.717, 1.165) is 50.9 Å². The lowest BCUT2D eigenvalue weighted by atomic mass is 9.85. The highest BCUT2D eigenvalue weighted by molar-refractivity contribution is 5.77. The summed E-state index contributed by atoms with van der Waals surface area (Å²) in [5, 5.41) is 4.47. The molecular weight excluding hydrogens is 304 g/mol. The minimum absolute atomic E-state index is 0.0762. The van der Waals surface area contributed by atoms with Gasteiger partial charge in [0.15, 0.2) is 0 Å². The maximum Gasteiger partial charge on any atom is 0.346 e. The van der Waals surface area contributed by atoms with Crippen LogP contribution in [0.5, 0.6) is 0 Å². The standard InChI is InChI=1S/C18H28N4O2/c1-13-11-14-7-4-5-8-15(14)22(13)17(23)12-21-18(24)20-10-6-2-3-9-16(20)19-21/h13-15H,2-12H2,1H3. The van der Waals surface area contributed by atoms with E-state index in [4.69, 9.17) is 0 Å². The van der Waals surface area contributed by atoms with E-state index >= 15 is 0 Å². The van der Waals surface area contributed by atoms with Crippen LogP contribution in [0.1, 0.15) is 64.1 Å². The largest absolute Gasteiger partial charge is 0.346 e. The molecule has 2 fully saturated rings. The van der Waals surface area contributed by atoms with Crippen molar-refractivity contribution in [2.45, 2.75) is 89.9 Å². The minimum atomic E-state index is -0.104. The third-order valence-electron chi connectivity index (χ3n) is 6.20. The first-order valence-electron chi connectivity index (χ1n) is 9.63. The summed E-state index contributed by atoms with van der Waals surface area (Å²) in [5.74, 6) is 1.59. The van der Waals surface area contributed by atoms with Crippen LogP contribution in [0.15, 0.2) is 4.79 Å². The van der Waals surface area contributed by atoms with E-state index in [-0.39, 0.29) is 18.1 Å². The summed E-state index contributed by atoms with van der Waals surface area (Å²) in [6, 6.07) is 0.680. The van der Waals surface area contributed by atoms with E-state index < -0.39 is 0 Å². The highest BCUT2D eigenvalue weighted by Gasteiger charge is 2.42. The molecule has 3 aliphatic rings. The van der Waals surface area contributed by atoms with Crippen molar-refractivity contribution in [3.8, 4) is 0 Å². The lowest BCUT2D eigenvalue weighted by molar-refractivity contribution is -0.135. The van der Waals surface area contributed by atoms with Gasteiger partial charge in [-0.25, -0.2) is 9.48 Å². The molecule has 0 bridgehead atoms. The van der Waals surface area contributed by atoms with Gasteiger partial charge in [-0.15, -0.1) is 0 Å². The van der Waals surface area contributed by atoms with Crippen molar-refractivity contribution in [1.29, 1.82) is 0 Å². The highest BCUT2D eigenvalue weighted by Crippen LogP contribution is 2.39. The highest BCUT2D eigenvalue weighted by atomic mass is 16.2. The summed E-state index contributed by atoms with van der Waals surface area (Å²) < 4.78 is 3.18. The molecule has 24 heavy (non-hydrogen) atoms. The number of aryl methyl sites for hydroxylation is 1. The topological polar surface area (TPSA) is 60.1 Å². The molecule has 1 saturated carbocycles. The molecule has 1 aromatic heterocycles. The number of aromatic nitrogens is 3. The fraction of sp³-hybridized carbons (Fsp3) is 0.833. The van der Waals surface area contributed by atoms with Crippen molar-refractivity contribution in [3.63, 3.8) is 0 Å². The predicted molar refractivity (Wildman–Crippen MR) is 90.7 cm³/mol. The number of fused-ring (bicyclic) bond motifs is 2. The van der Waals surface area contributed by atoms with Crippen LogP contribution in [0.4, 0.5) is 0 Å². The fourth-order valence-electron chi connectivity index (χ4n) is 5.08. The molecule has 0 spiro atoms. The van der Waals surface area contributed by atoms with Crippen molar-refractivity contribution in [1.82, 2.24) is 19.2 Å². The van der Waals surface area contributed by atoms with E-state index in [1.165, 1.54) is 23.9 Å². The summed E-state index contributed by atoms with van der Waals surface area (Å²) in [6.07, 6.45) is 10.1. The van der Waals surface area contributed by atoms with Gasteiger partial charge in [-0.3, -0.25) is 9.36 Å².